The zero-order valence-electron chi connectivity index (χ0n) is 11.5. The highest BCUT2D eigenvalue weighted by Gasteiger charge is 2.25. The molecule has 0 bridgehead atoms. The maximum absolute atomic E-state index is 13.9. The van der Waals surface area contributed by atoms with E-state index < -0.39 is 6.29 Å². The summed E-state index contributed by atoms with van der Waals surface area (Å²) >= 11 is 0. The number of nitrogens with one attached hydrogen (secondary N) is 1. The van der Waals surface area contributed by atoms with Crippen LogP contribution in [0.5, 0.6) is 0 Å². The lowest BCUT2D eigenvalue weighted by atomic mass is 10.0. The molecule has 0 fully saturated rings. The summed E-state index contributed by atoms with van der Waals surface area (Å²) in [6.45, 7) is 4.78. The number of aryl methyl sites for hydroxylation is 1. The van der Waals surface area contributed by atoms with Gasteiger partial charge in [-0.05, 0) is 26.0 Å². The Hall–Kier alpha value is -0.970. The van der Waals surface area contributed by atoms with Crippen molar-refractivity contribution >= 4 is 0 Å². The minimum absolute atomic E-state index is 0.242. The number of ether oxygens (including phenoxy) is 2. The Morgan fingerprint density at radius 3 is 2.50 bits per heavy atom. The van der Waals surface area contributed by atoms with Crippen LogP contribution in [0.1, 0.15) is 30.5 Å². The van der Waals surface area contributed by atoms with E-state index in [4.69, 9.17) is 9.47 Å². The SMILES string of the molecule is CCCNC(c1cc(C)ccc1F)C(OC)OC. The van der Waals surface area contributed by atoms with Gasteiger partial charge in [-0.2, -0.15) is 0 Å². The molecule has 3 nitrogen and oxygen atoms in total. The van der Waals surface area contributed by atoms with Crippen molar-refractivity contribution in [2.75, 3.05) is 20.8 Å². The zero-order valence-corrected chi connectivity index (χ0v) is 11.5. The van der Waals surface area contributed by atoms with E-state index in [1.54, 1.807) is 20.3 Å². The first-order chi connectivity index (χ1) is 8.63. The molecule has 1 rings (SSSR count). The molecule has 0 aromatic heterocycles. The van der Waals surface area contributed by atoms with E-state index in [-0.39, 0.29) is 11.9 Å². The maximum atomic E-state index is 13.9. The molecule has 0 aliphatic carbocycles. The number of hydrogen-bond acceptors (Lipinski definition) is 3. The van der Waals surface area contributed by atoms with Gasteiger partial charge in [-0.15, -0.1) is 0 Å². The monoisotopic (exact) mass is 255 g/mol. The summed E-state index contributed by atoms with van der Waals surface area (Å²) in [5.41, 5.74) is 1.60. The average molecular weight is 255 g/mol. The van der Waals surface area contributed by atoms with E-state index in [1.807, 2.05) is 13.0 Å². The molecule has 1 aromatic rings. The number of benzene rings is 1. The van der Waals surface area contributed by atoms with Gasteiger partial charge in [0.2, 0.25) is 0 Å². The fraction of sp³-hybridized carbons (Fsp3) is 0.571. The smallest absolute Gasteiger partial charge is 0.176 e. The lowest BCUT2D eigenvalue weighted by Crippen LogP contribution is -2.35. The summed E-state index contributed by atoms with van der Waals surface area (Å²) in [5, 5.41) is 3.27. The lowest BCUT2D eigenvalue weighted by molar-refractivity contribution is -0.124. The van der Waals surface area contributed by atoms with Gasteiger partial charge in [0, 0.05) is 19.8 Å². The van der Waals surface area contributed by atoms with Gasteiger partial charge < -0.3 is 14.8 Å². The van der Waals surface area contributed by atoms with Crippen LogP contribution in [0, 0.1) is 12.7 Å². The van der Waals surface area contributed by atoms with Crippen LogP contribution in [-0.4, -0.2) is 27.1 Å². The van der Waals surface area contributed by atoms with Crippen molar-refractivity contribution in [2.24, 2.45) is 0 Å². The number of methoxy groups -OCH3 is 2. The van der Waals surface area contributed by atoms with E-state index in [9.17, 15) is 4.39 Å². The van der Waals surface area contributed by atoms with Gasteiger partial charge in [0.1, 0.15) is 5.82 Å². The Morgan fingerprint density at radius 2 is 1.94 bits per heavy atom. The van der Waals surface area contributed by atoms with Crippen LogP contribution in [0.4, 0.5) is 4.39 Å². The van der Waals surface area contributed by atoms with Crippen LogP contribution >= 0.6 is 0 Å². The fourth-order valence-corrected chi connectivity index (χ4v) is 1.92. The van der Waals surface area contributed by atoms with Gasteiger partial charge >= 0.3 is 0 Å². The third-order valence-corrected chi connectivity index (χ3v) is 2.84. The van der Waals surface area contributed by atoms with Crippen molar-refractivity contribution in [3.63, 3.8) is 0 Å². The molecule has 1 unspecified atom stereocenters. The van der Waals surface area contributed by atoms with Crippen LogP contribution < -0.4 is 5.32 Å². The first kappa shape index (κ1) is 15.1. The zero-order chi connectivity index (χ0) is 13.5. The Balaban J connectivity index is 3.03. The van der Waals surface area contributed by atoms with Gasteiger partial charge in [-0.1, -0.05) is 24.6 Å². The first-order valence-corrected chi connectivity index (χ1v) is 6.19. The normalized spacial score (nSPS) is 13.0. The Kier molecular flexibility index (Phi) is 6.25. The van der Waals surface area contributed by atoms with Crippen LogP contribution in [0.2, 0.25) is 0 Å². The number of rotatable bonds is 7. The van der Waals surface area contributed by atoms with Crippen LogP contribution in [0.15, 0.2) is 18.2 Å². The van der Waals surface area contributed by atoms with Crippen molar-refractivity contribution in [1.82, 2.24) is 5.32 Å². The van der Waals surface area contributed by atoms with E-state index in [0.717, 1.165) is 18.5 Å². The molecule has 0 aliphatic heterocycles. The Bertz CT molecular complexity index is 367. The summed E-state index contributed by atoms with van der Waals surface area (Å²) in [7, 11) is 3.12. The van der Waals surface area contributed by atoms with Crippen LogP contribution in [-0.2, 0) is 9.47 Å². The van der Waals surface area contributed by atoms with Crippen LogP contribution in [0.3, 0.4) is 0 Å². The highest BCUT2D eigenvalue weighted by molar-refractivity contribution is 5.27. The van der Waals surface area contributed by atoms with E-state index in [0.29, 0.717) is 5.56 Å². The number of halogens is 1. The maximum Gasteiger partial charge on any atom is 0.176 e. The highest BCUT2D eigenvalue weighted by Crippen LogP contribution is 2.23. The minimum Gasteiger partial charge on any atom is -0.354 e. The summed E-state index contributed by atoms with van der Waals surface area (Å²) < 4.78 is 24.4. The molecule has 0 saturated heterocycles. The Morgan fingerprint density at radius 1 is 1.28 bits per heavy atom. The summed E-state index contributed by atoms with van der Waals surface area (Å²) in [5.74, 6) is -0.242. The van der Waals surface area contributed by atoms with Crippen molar-refractivity contribution in [3.8, 4) is 0 Å². The van der Waals surface area contributed by atoms with Gasteiger partial charge in [-0.3, -0.25) is 0 Å². The predicted molar refractivity (Wildman–Crippen MR) is 70.0 cm³/mol. The molecule has 0 aliphatic rings. The van der Waals surface area contributed by atoms with Crippen molar-refractivity contribution in [2.45, 2.75) is 32.6 Å². The lowest BCUT2D eigenvalue weighted by Gasteiger charge is -2.26. The molecule has 102 valence electrons. The van der Waals surface area contributed by atoms with E-state index in [2.05, 4.69) is 12.2 Å². The molecule has 1 atom stereocenters. The molecular formula is C14H22FNO2. The minimum atomic E-state index is -0.507. The van der Waals surface area contributed by atoms with Gasteiger partial charge in [0.15, 0.2) is 6.29 Å². The molecule has 0 radical (unpaired) electrons. The average Bonchev–Trinajstić information content (AvgIpc) is 2.38. The van der Waals surface area contributed by atoms with Crippen molar-refractivity contribution in [3.05, 3.63) is 35.1 Å². The molecule has 1 aromatic carbocycles. The Labute approximate surface area is 108 Å². The van der Waals surface area contributed by atoms with Gasteiger partial charge in [-0.25, -0.2) is 4.39 Å². The molecule has 4 heteroatoms. The first-order valence-electron chi connectivity index (χ1n) is 6.19. The van der Waals surface area contributed by atoms with Crippen LogP contribution in [0.25, 0.3) is 0 Å². The quantitative estimate of drug-likeness (QED) is 0.760. The topological polar surface area (TPSA) is 30.5 Å². The van der Waals surface area contributed by atoms with E-state index >= 15 is 0 Å². The molecule has 0 spiro atoms. The fourth-order valence-electron chi connectivity index (χ4n) is 1.92. The molecule has 1 N–H and O–H groups in total. The predicted octanol–water partition coefficient (Wildman–Crippen LogP) is 2.79. The summed E-state index contributed by atoms with van der Waals surface area (Å²) in [4.78, 5) is 0. The van der Waals surface area contributed by atoms with Gasteiger partial charge in [0.05, 0.1) is 6.04 Å². The molecule has 0 heterocycles. The van der Waals surface area contributed by atoms with Crippen molar-refractivity contribution < 1.29 is 13.9 Å². The third kappa shape index (κ3) is 3.77. The molecule has 18 heavy (non-hydrogen) atoms. The number of hydrogen-bond donors (Lipinski definition) is 1. The van der Waals surface area contributed by atoms with E-state index in [1.165, 1.54) is 6.07 Å². The molecular weight excluding hydrogens is 233 g/mol. The summed E-state index contributed by atoms with van der Waals surface area (Å²) in [6.07, 6.45) is 0.456. The molecule has 0 amide bonds. The largest absolute Gasteiger partial charge is 0.354 e. The second-order valence-corrected chi connectivity index (χ2v) is 4.30. The van der Waals surface area contributed by atoms with Gasteiger partial charge in [0.25, 0.3) is 0 Å². The molecule has 0 saturated carbocycles. The second kappa shape index (κ2) is 7.46. The standard InChI is InChI=1S/C14H22FNO2/c1-5-8-16-13(14(17-3)18-4)11-9-10(2)6-7-12(11)15/h6-7,9,13-14,16H,5,8H2,1-4H3. The van der Waals surface area contributed by atoms with Crippen molar-refractivity contribution in [1.29, 1.82) is 0 Å². The third-order valence-electron chi connectivity index (χ3n) is 2.84. The highest BCUT2D eigenvalue weighted by atomic mass is 19.1. The second-order valence-electron chi connectivity index (χ2n) is 4.30. The summed E-state index contributed by atoms with van der Waals surface area (Å²) in [6, 6.07) is 4.76.